The summed E-state index contributed by atoms with van der Waals surface area (Å²) in [6.45, 7) is 0.310. The first-order valence-corrected chi connectivity index (χ1v) is 10.9. The van der Waals surface area contributed by atoms with Crippen molar-refractivity contribution < 1.29 is 9.59 Å². The lowest BCUT2D eigenvalue weighted by Gasteiger charge is -2.11. The van der Waals surface area contributed by atoms with Gasteiger partial charge in [-0.1, -0.05) is 77.8 Å². The summed E-state index contributed by atoms with van der Waals surface area (Å²) < 4.78 is 1.57. The predicted octanol–water partition coefficient (Wildman–Crippen LogP) is 4.80. The third kappa shape index (κ3) is 5.08. The number of amides is 2. The van der Waals surface area contributed by atoms with E-state index in [2.05, 4.69) is 10.4 Å². The second kappa shape index (κ2) is 9.90. The zero-order valence-corrected chi connectivity index (χ0v) is 19.0. The van der Waals surface area contributed by atoms with Gasteiger partial charge in [-0.25, -0.2) is 4.68 Å². The van der Waals surface area contributed by atoms with E-state index >= 15 is 0 Å². The number of aromatic nitrogens is 2. The van der Waals surface area contributed by atoms with Crippen LogP contribution in [0.15, 0.2) is 78.9 Å². The molecule has 0 radical (unpaired) electrons. The maximum absolute atomic E-state index is 13.2. The van der Waals surface area contributed by atoms with E-state index in [0.717, 1.165) is 5.56 Å². The van der Waals surface area contributed by atoms with E-state index in [0.29, 0.717) is 39.1 Å². The van der Waals surface area contributed by atoms with Crippen LogP contribution in [0, 0.1) is 0 Å². The summed E-state index contributed by atoms with van der Waals surface area (Å²) in [5.41, 5.74) is 8.83. The van der Waals surface area contributed by atoms with E-state index in [1.54, 1.807) is 47.1 Å². The molecular weight excluding hydrogens is 459 g/mol. The number of nitrogens with one attached hydrogen (secondary N) is 1. The molecule has 1 aromatic heterocycles. The molecule has 2 amide bonds. The van der Waals surface area contributed by atoms with Gasteiger partial charge in [0.2, 0.25) is 5.91 Å². The van der Waals surface area contributed by atoms with E-state index in [1.165, 1.54) is 0 Å². The molecule has 0 aliphatic heterocycles. The lowest BCUT2D eigenvalue weighted by Crippen LogP contribution is -2.25. The number of nitrogens with two attached hydrogens (primary N) is 1. The van der Waals surface area contributed by atoms with E-state index in [-0.39, 0.29) is 12.1 Å². The maximum Gasteiger partial charge on any atom is 0.272 e. The van der Waals surface area contributed by atoms with Crippen molar-refractivity contribution in [1.29, 1.82) is 0 Å². The molecule has 4 rings (SSSR count). The van der Waals surface area contributed by atoms with Crippen molar-refractivity contribution in [1.82, 2.24) is 15.1 Å². The van der Waals surface area contributed by atoms with Gasteiger partial charge in [0, 0.05) is 22.7 Å². The Hall–Kier alpha value is -3.61. The Labute approximate surface area is 200 Å². The Kier molecular flexibility index (Phi) is 6.77. The smallest absolute Gasteiger partial charge is 0.272 e. The summed E-state index contributed by atoms with van der Waals surface area (Å²) in [5, 5.41) is 8.46. The monoisotopic (exact) mass is 478 g/mol. The fourth-order valence-corrected chi connectivity index (χ4v) is 3.88. The fourth-order valence-electron chi connectivity index (χ4n) is 3.54. The van der Waals surface area contributed by atoms with Crippen LogP contribution in [-0.4, -0.2) is 21.6 Å². The molecule has 3 aromatic carbocycles. The van der Waals surface area contributed by atoms with Gasteiger partial charge in [0.15, 0.2) is 5.69 Å². The number of nitrogens with zero attached hydrogens (tertiary/aromatic N) is 2. The van der Waals surface area contributed by atoms with Gasteiger partial charge in [0.1, 0.15) is 0 Å². The number of carbonyl (C=O) groups is 2. The van der Waals surface area contributed by atoms with Crippen molar-refractivity contribution in [3.05, 3.63) is 106 Å². The van der Waals surface area contributed by atoms with Crippen molar-refractivity contribution in [2.75, 3.05) is 0 Å². The lowest BCUT2D eigenvalue weighted by molar-refractivity contribution is -0.117. The number of hydrogen-bond donors (Lipinski definition) is 2. The van der Waals surface area contributed by atoms with E-state index in [4.69, 9.17) is 28.9 Å². The average molecular weight is 479 g/mol. The molecular formula is C25H20Cl2N4O2. The van der Waals surface area contributed by atoms with E-state index in [9.17, 15) is 9.59 Å². The summed E-state index contributed by atoms with van der Waals surface area (Å²) in [6.07, 6.45) is -0.170. The first-order chi connectivity index (χ1) is 15.9. The molecule has 3 N–H and O–H groups in total. The highest BCUT2D eigenvalue weighted by molar-refractivity contribution is 6.32. The number of halogens is 2. The quantitative estimate of drug-likeness (QED) is 0.399. The predicted molar refractivity (Wildman–Crippen MR) is 130 cm³/mol. The summed E-state index contributed by atoms with van der Waals surface area (Å²) in [6, 6.07) is 23.7. The molecule has 33 heavy (non-hydrogen) atoms. The summed E-state index contributed by atoms with van der Waals surface area (Å²) >= 11 is 12.5. The second-order valence-electron chi connectivity index (χ2n) is 7.36. The molecule has 0 saturated heterocycles. The molecule has 1 heterocycles. The molecule has 6 nitrogen and oxygen atoms in total. The Morgan fingerprint density at radius 2 is 1.58 bits per heavy atom. The SMILES string of the molecule is NC(=O)Cc1c(C(=O)NCc2ccccc2)nn(-c2ccccc2Cl)c1-c1ccc(Cl)cc1. The molecule has 0 saturated carbocycles. The molecule has 4 aromatic rings. The van der Waals surface area contributed by atoms with Gasteiger partial charge in [0.05, 0.1) is 22.8 Å². The largest absolute Gasteiger partial charge is 0.369 e. The molecule has 0 atom stereocenters. The Morgan fingerprint density at radius 1 is 0.909 bits per heavy atom. The van der Waals surface area contributed by atoms with Crippen molar-refractivity contribution in [3.63, 3.8) is 0 Å². The summed E-state index contributed by atoms with van der Waals surface area (Å²) in [5.74, 6) is -1.00. The second-order valence-corrected chi connectivity index (χ2v) is 8.20. The zero-order chi connectivity index (χ0) is 23.4. The summed E-state index contributed by atoms with van der Waals surface area (Å²) in [7, 11) is 0. The van der Waals surface area contributed by atoms with Crippen molar-refractivity contribution in [2.45, 2.75) is 13.0 Å². The standard InChI is InChI=1S/C25H20Cl2N4O2/c26-18-12-10-17(11-13-18)24-19(14-22(28)32)23(25(33)29-15-16-6-2-1-3-7-16)30-31(24)21-9-5-4-8-20(21)27/h1-13H,14-15H2,(H2,28,32)(H,29,33). The summed E-state index contributed by atoms with van der Waals surface area (Å²) in [4.78, 5) is 25.2. The van der Waals surface area contributed by atoms with Gasteiger partial charge in [-0.2, -0.15) is 5.10 Å². The minimum atomic E-state index is -0.582. The molecule has 166 valence electrons. The minimum Gasteiger partial charge on any atom is -0.369 e. The molecule has 0 unspecified atom stereocenters. The normalized spacial score (nSPS) is 10.7. The third-order valence-electron chi connectivity index (χ3n) is 5.04. The fraction of sp³-hybridized carbons (Fsp3) is 0.0800. The van der Waals surface area contributed by atoms with Crippen LogP contribution < -0.4 is 11.1 Å². The van der Waals surface area contributed by atoms with Crippen molar-refractivity contribution >= 4 is 35.0 Å². The highest BCUT2D eigenvalue weighted by atomic mass is 35.5. The highest BCUT2D eigenvalue weighted by Gasteiger charge is 2.26. The number of carbonyl (C=O) groups excluding carboxylic acids is 2. The average Bonchev–Trinajstić information content (AvgIpc) is 3.17. The zero-order valence-electron chi connectivity index (χ0n) is 17.5. The van der Waals surface area contributed by atoms with Crippen LogP contribution in [0.1, 0.15) is 21.6 Å². The van der Waals surface area contributed by atoms with Gasteiger partial charge < -0.3 is 11.1 Å². The Balaban J connectivity index is 1.86. The van der Waals surface area contributed by atoms with E-state index in [1.807, 2.05) is 36.4 Å². The van der Waals surface area contributed by atoms with Gasteiger partial charge in [0.25, 0.3) is 5.91 Å². The van der Waals surface area contributed by atoms with Gasteiger partial charge in [-0.05, 0) is 29.8 Å². The first kappa shape index (κ1) is 22.6. The number of para-hydroxylation sites is 1. The van der Waals surface area contributed by atoms with Gasteiger partial charge >= 0.3 is 0 Å². The van der Waals surface area contributed by atoms with Crippen LogP contribution in [0.25, 0.3) is 16.9 Å². The molecule has 0 spiro atoms. The van der Waals surface area contributed by atoms with Crippen LogP contribution in [-0.2, 0) is 17.8 Å². The van der Waals surface area contributed by atoms with Crippen LogP contribution in [0.3, 0.4) is 0 Å². The molecule has 0 bridgehead atoms. The Morgan fingerprint density at radius 3 is 2.24 bits per heavy atom. The van der Waals surface area contributed by atoms with Crippen LogP contribution >= 0.6 is 23.2 Å². The topological polar surface area (TPSA) is 90.0 Å². The van der Waals surface area contributed by atoms with Crippen molar-refractivity contribution in [3.8, 4) is 16.9 Å². The third-order valence-corrected chi connectivity index (χ3v) is 5.62. The van der Waals surface area contributed by atoms with Crippen molar-refractivity contribution in [2.24, 2.45) is 5.73 Å². The number of primary amides is 1. The van der Waals surface area contributed by atoms with Crippen LogP contribution in [0.5, 0.6) is 0 Å². The van der Waals surface area contributed by atoms with E-state index < -0.39 is 11.8 Å². The number of hydrogen-bond acceptors (Lipinski definition) is 3. The van der Waals surface area contributed by atoms with Crippen LogP contribution in [0.4, 0.5) is 0 Å². The number of benzene rings is 3. The van der Waals surface area contributed by atoms with Gasteiger partial charge in [-0.3, -0.25) is 9.59 Å². The molecule has 0 fully saturated rings. The molecule has 8 heteroatoms. The molecule has 0 aliphatic carbocycles. The molecule has 0 aliphatic rings. The highest BCUT2D eigenvalue weighted by Crippen LogP contribution is 2.33. The van der Waals surface area contributed by atoms with Gasteiger partial charge in [-0.15, -0.1) is 0 Å². The Bertz CT molecular complexity index is 1300. The lowest BCUT2D eigenvalue weighted by atomic mass is 10.0. The van der Waals surface area contributed by atoms with Crippen LogP contribution in [0.2, 0.25) is 10.0 Å². The first-order valence-electron chi connectivity index (χ1n) is 10.2. The maximum atomic E-state index is 13.2. The number of rotatable bonds is 7. The minimum absolute atomic E-state index is 0.106.